The lowest BCUT2D eigenvalue weighted by Crippen LogP contribution is -2.55. The van der Waals surface area contributed by atoms with Crippen molar-refractivity contribution in [1.29, 1.82) is 0 Å². The number of amides is 2. The number of hydrogen-bond donors (Lipinski definition) is 4. The number of benzene rings is 1. The molecule has 0 aliphatic heterocycles. The maximum atomic E-state index is 13.0. The third-order valence-electron chi connectivity index (χ3n) is 3.79. The summed E-state index contributed by atoms with van der Waals surface area (Å²) in [5, 5.41) is 24.2. The molecule has 1 heterocycles. The van der Waals surface area contributed by atoms with E-state index in [0.29, 0.717) is 0 Å². The van der Waals surface area contributed by atoms with Crippen LogP contribution in [-0.4, -0.2) is 50.9 Å². The van der Waals surface area contributed by atoms with Crippen molar-refractivity contribution in [3.05, 3.63) is 60.1 Å². The number of rotatable bonds is 9. The first kappa shape index (κ1) is 15.2. The summed E-state index contributed by atoms with van der Waals surface area (Å²) in [6.07, 6.45) is 3.59. The van der Waals surface area contributed by atoms with Crippen LogP contribution in [0.2, 0.25) is 0 Å². The Kier molecular flexibility index (Phi) is 5.71. The lowest BCUT2D eigenvalue weighted by molar-refractivity contribution is -0.123. The Bertz CT molecular complexity index is 984. The summed E-state index contributed by atoms with van der Waals surface area (Å²) in [5.74, 6) is -2.64. The lowest BCUT2D eigenvalue weighted by atomic mass is 9.75. The van der Waals surface area contributed by atoms with Crippen molar-refractivity contribution in [3.63, 3.8) is 0 Å². The fourth-order valence-corrected chi connectivity index (χ4v) is 2.49. The molecule has 0 aliphatic rings. The summed E-state index contributed by atoms with van der Waals surface area (Å²) in [6, 6.07) is -4.15. The Morgan fingerprint density at radius 3 is 2.46 bits per heavy atom. The van der Waals surface area contributed by atoms with Gasteiger partial charge in [0, 0.05) is 18.8 Å². The van der Waals surface area contributed by atoms with Crippen LogP contribution in [0, 0.1) is 5.92 Å². The van der Waals surface area contributed by atoms with Crippen molar-refractivity contribution in [3.8, 4) is 0 Å². The molecule has 0 fully saturated rings. The predicted octanol–water partition coefficient (Wildman–Crippen LogP) is 0.361. The van der Waals surface area contributed by atoms with Crippen molar-refractivity contribution >= 4 is 18.9 Å². The lowest BCUT2D eigenvalue weighted by Gasteiger charge is -2.24. The Hall–Kier alpha value is -2.78. The summed E-state index contributed by atoms with van der Waals surface area (Å²) in [7, 11) is -1.87. The zero-order valence-corrected chi connectivity index (χ0v) is 15.6. The molecule has 0 spiro atoms. The van der Waals surface area contributed by atoms with Crippen LogP contribution in [0.5, 0.6) is 0 Å². The van der Waals surface area contributed by atoms with Gasteiger partial charge in [0.15, 0.2) is 0 Å². The molecular weight excluding hydrogens is 359 g/mol. The summed E-state index contributed by atoms with van der Waals surface area (Å²) in [4.78, 5) is 33.3. The normalized spacial score (nSPS) is 15.4. The van der Waals surface area contributed by atoms with Crippen LogP contribution in [-0.2, 0) is 11.2 Å². The summed E-state index contributed by atoms with van der Waals surface area (Å²) in [5.41, 5.74) is -0.275. The van der Waals surface area contributed by atoms with Gasteiger partial charge in [-0.2, -0.15) is 0 Å². The second-order valence-electron chi connectivity index (χ2n) is 6.58. The van der Waals surface area contributed by atoms with Gasteiger partial charge >= 0.3 is 7.12 Å². The summed E-state index contributed by atoms with van der Waals surface area (Å²) in [6.45, 7) is 3.64. The molecule has 148 valence electrons. The first-order valence-corrected chi connectivity index (χ1v) is 8.73. The number of hydrogen-bond acceptors (Lipinski definition) is 6. The zero-order chi connectivity index (χ0) is 24.9. The number of nitrogens with one attached hydrogen (secondary N) is 2. The molecule has 28 heavy (non-hydrogen) atoms. The van der Waals surface area contributed by atoms with Crippen molar-refractivity contribution in [2.24, 2.45) is 5.92 Å². The molecule has 2 atom stereocenters. The molecule has 1 aromatic carbocycles. The summed E-state index contributed by atoms with van der Waals surface area (Å²) < 4.78 is 39.6. The molecule has 0 radical (unpaired) electrons. The van der Waals surface area contributed by atoms with Crippen LogP contribution >= 0.6 is 0 Å². The molecule has 2 rings (SSSR count). The highest BCUT2D eigenvalue weighted by molar-refractivity contribution is 6.43. The quantitative estimate of drug-likeness (QED) is 0.459. The fourth-order valence-electron chi connectivity index (χ4n) is 2.49. The highest BCUT2D eigenvalue weighted by atomic mass is 16.4. The van der Waals surface area contributed by atoms with Crippen LogP contribution in [0.25, 0.3) is 0 Å². The van der Waals surface area contributed by atoms with Crippen LogP contribution in [0.3, 0.4) is 0 Å². The second-order valence-corrected chi connectivity index (χ2v) is 6.58. The van der Waals surface area contributed by atoms with E-state index in [1.54, 1.807) is 0 Å². The standard InChI is InChI=1S/C19H25BN4O4/c1-13(2)10-17(20(27)28)24-18(25)15(11-14-6-4-3-5-7-14)23-19(26)16-12-21-8-9-22-16/h3-9,12-13,15,17,27-28H,10-11H2,1-2H3,(H,23,26)(H,24,25)/t15-,17+/m1/s1/i3D,4D,5D,6D,7D. The highest BCUT2D eigenvalue weighted by Gasteiger charge is 2.30. The van der Waals surface area contributed by atoms with E-state index in [1.807, 2.05) is 13.8 Å². The van der Waals surface area contributed by atoms with Crippen molar-refractivity contribution in [1.82, 2.24) is 20.6 Å². The molecule has 8 nitrogen and oxygen atoms in total. The van der Waals surface area contributed by atoms with Crippen molar-refractivity contribution < 1.29 is 26.5 Å². The smallest absolute Gasteiger partial charge is 0.426 e. The average Bonchev–Trinajstić information content (AvgIpc) is 2.77. The maximum absolute atomic E-state index is 13.0. The zero-order valence-electron chi connectivity index (χ0n) is 20.6. The van der Waals surface area contributed by atoms with Gasteiger partial charge in [-0.25, -0.2) is 4.98 Å². The number of nitrogens with zero attached hydrogens (tertiary/aromatic N) is 2. The van der Waals surface area contributed by atoms with Gasteiger partial charge in [-0.15, -0.1) is 0 Å². The van der Waals surface area contributed by atoms with Gasteiger partial charge in [0.25, 0.3) is 5.91 Å². The first-order chi connectivity index (χ1) is 15.4. The van der Waals surface area contributed by atoms with Crippen LogP contribution in [0.4, 0.5) is 0 Å². The number of carbonyl (C=O) groups is 2. The second kappa shape index (κ2) is 10.5. The molecule has 0 bridgehead atoms. The Balaban J connectivity index is 2.41. The predicted molar refractivity (Wildman–Crippen MR) is 105 cm³/mol. The highest BCUT2D eigenvalue weighted by Crippen LogP contribution is 2.09. The van der Waals surface area contributed by atoms with Gasteiger partial charge in [0.2, 0.25) is 5.91 Å². The minimum absolute atomic E-state index is 0.00534. The van der Waals surface area contributed by atoms with Crippen LogP contribution in [0.1, 0.15) is 43.2 Å². The maximum Gasteiger partial charge on any atom is 0.475 e. The molecule has 2 aromatic rings. The third kappa shape index (κ3) is 6.75. The van der Waals surface area contributed by atoms with E-state index in [-0.39, 0.29) is 23.6 Å². The Morgan fingerprint density at radius 2 is 1.89 bits per heavy atom. The molecule has 0 unspecified atom stereocenters. The van der Waals surface area contributed by atoms with E-state index in [0.717, 1.165) is 0 Å². The molecule has 0 aliphatic carbocycles. The minimum Gasteiger partial charge on any atom is -0.426 e. The van der Waals surface area contributed by atoms with E-state index in [9.17, 15) is 19.6 Å². The van der Waals surface area contributed by atoms with Gasteiger partial charge in [-0.1, -0.05) is 44.1 Å². The molecule has 1 aromatic heterocycles. The number of carbonyl (C=O) groups excluding carboxylic acids is 2. The monoisotopic (exact) mass is 389 g/mol. The van der Waals surface area contributed by atoms with E-state index >= 15 is 0 Å². The average molecular weight is 389 g/mol. The summed E-state index contributed by atoms with van der Waals surface area (Å²) >= 11 is 0. The molecule has 2 amide bonds. The van der Waals surface area contributed by atoms with Gasteiger partial charge < -0.3 is 20.7 Å². The van der Waals surface area contributed by atoms with Crippen molar-refractivity contribution in [2.45, 2.75) is 38.7 Å². The fraction of sp³-hybridized carbons (Fsp3) is 0.368. The largest absolute Gasteiger partial charge is 0.475 e. The topological polar surface area (TPSA) is 124 Å². The molecule has 0 saturated heterocycles. The van der Waals surface area contributed by atoms with E-state index in [1.165, 1.54) is 18.6 Å². The molecule has 9 heteroatoms. The van der Waals surface area contributed by atoms with Crippen LogP contribution < -0.4 is 10.6 Å². The SMILES string of the molecule is [2H]c1c([2H])c([2H])c(C[C@@H](NC(=O)c2cnccn2)C(=O)N[C@@H](CC(C)C)B(O)O)c([2H])c1[2H]. The molecule has 0 saturated carbocycles. The van der Waals surface area contributed by atoms with Gasteiger partial charge in [0.05, 0.1) is 19.0 Å². The minimum atomic E-state index is -1.87. The third-order valence-corrected chi connectivity index (χ3v) is 3.79. The van der Waals surface area contributed by atoms with Gasteiger partial charge in [-0.05, 0) is 17.9 Å². The molecular formula is C19H25BN4O4. The van der Waals surface area contributed by atoms with E-state index < -0.39 is 67.5 Å². The van der Waals surface area contributed by atoms with Gasteiger partial charge in [0.1, 0.15) is 11.7 Å². The van der Waals surface area contributed by atoms with Crippen molar-refractivity contribution in [2.75, 3.05) is 0 Å². The van der Waals surface area contributed by atoms with E-state index in [2.05, 4.69) is 20.6 Å². The Labute approximate surface area is 171 Å². The molecule has 4 N–H and O–H groups in total. The Morgan fingerprint density at radius 1 is 1.18 bits per heavy atom. The van der Waals surface area contributed by atoms with Gasteiger partial charge in [-0.3, -0.25) is 14.6 Å². The van der Waals surface area contributed by atoms with Crippen LogP contribution in [0.15, 0.2) is 48.8 Å². The van der Waals surface area contributed by atoms with E-state index in [4.69, 9.17) is 6.85 Å². The first-order valence-electron chi connectivity index (χ1n) is 11.2. The number of aromatic nitrogens is 2.